The van der Waals surface area contributed by atoms with Crippen molar-refractivity contribution in [3.8, 4) is 0 Å². The molecule has 0 unspecified atom stereocenters. The molecule has 0 fully saturated rings. The molecule has 8 nitrogen and oxygen atoms in total. The van der Waals surface area contributed by atoms with Gasteiger partial charge in [-0.05, 0) is 46.5 Å². The van der Waals surface area contributed by atoms with Gasteiger partial charge in [-0.15, -0.1) is 4.99 Å². The average molecular weight is 414 g/mol. The van der Waals surface area contributed by atoms with Gasteiger partial charge in [0, 0.05) is 13.0 Å². The maximum Gasteiger partial charge on any atom is 0.437 e. The lowest BCUT2D eigenvalue weighted by molar-refractivity contribution is -0.137. The Labute approximate surface area is 174 Å². The highest BCUT2D eigenvalue weighted by Crippen LogP contribution is 2.20. The summed E-state index contributed by atoms with van der Waals surface area (Å²) in [6.07, 6.45) is 6.27. The van der Waals surface area contributed by atoms with E-state index in [1.165, 1.54) is 0 Å². The first-order valence-corrected chi connectivity index (χ1v) is 10.6. The lowest BCUT2D eigenvalue weighted by Gasteiger charge is -2.31. The Balaban J connectivity index is 5.35. The van der Waals surface area contributed by atoms with E-state index in [9.17, 15) is 14.4 Å². The summed E-state index contributed by atoms with van der Waals surface area (Å²) in [5.41, 5.74) is -1.49. The van der Waals surface area contributed by atoms with Crippen LogP contribution in [0.15, 0.2) is 4.99 Å². The van der Waals surface area contributed by atoms with Crippen molar-refractivity contribution in [3.05, 3.63) is 0 Å². The molecule has 0 saturated carbocycles. The molecule has 0 aliphatic carbocycles. The Morgan fingerprint density at radius 3 is 2.07 bits per heavy atom. The van der Waals surface area contributed by atoms with Crippen LogP contribution < -0.4 is 10.6 Å². The fraction of sp³-hybridized carbons (Fsp3) is 0.810. The molecule has 1 amide bonds. The van der Waals surface area contributed by atoms with Gasteiger partial charge in [0.15, 0.2) is 0 Å². The van der Waals surface area contributed by atoms with E-state index >= 15 is 0 Å². The van der Waals surface area contributed by atoms with E-state index in [1.54, 1.807) is 20.8 Å². The molecular formula is C21H39N3O5. The van der Waals surface area contributed by atoms with Crippen molar-refractivity contribution in [1.29, 1.82) is 0 Å². The average Bonchev–Trinajstić information content (AvgIpc) is 2.61. The fourth-order valence-corrected chi connectivity index (χ4v) is 2.71. The second-order valence-electron chi connectivity index (χ2n) is 8.32. The normalized spacial score (nSPS) is 12.4. The highest BCUT2D eigenvalue weighted by molar-refractivity contribution is 5.92. The molecular weight excluding hydrogens is 374 g/mol. The van der Waals surface area contributed by atoms with Crippen LogP contribution >= 0.6 is 0 Å². The van der Waals surface area contributed by atoms with Crippen molar-refractivity contribution in [1.82, 2.24) is 10.6 Å². The number of carboxylic acid groups (broad SMARTS) is 1. The van der Waals surface area contributed by atoms with Gasteiger partial charge in [-0.25, -0.2) is 4.79 Å². The Morgan fingerprint density at radius 1 is 1.03 bits per heavy atom. The number of carbonyl (C=O) groups excluding carboxylic acids is 2. The van der Waals surface area contributed by atoms with Crippen molar-refractivity contribution in [2.75, 3.05) is 6.54 Å². The molecule has 0 atom stereocenters. The molecule has 0 bridgehead atoms. The molecule has 0 aromatic heterocycles. The summed E-state index contributed by atoms with van der Waals surface area (Å²) in [4.78, 5) is 38.9. The molecule has 0 aromatic carbocycles. The minimum atomic E-state index is -0.843. The number of guanidine groups is 1. The van der Waals surface area contributed by atoms with Gasteiger partial charge in [0.25, 0.3) is 0 Å². The summed E-state index contributed by atoms with van der Waals surface area (Å²) in [6.45, 7) is 9.82. The van der Waals surface area contributed by atoms with Gasteiger partial charge in [-0.1, -0.05) is 39.5 Å². The first-order chi connectivity index (χ1) is 13.6. The minimum absolute atomic E-state index is 0.0823. The number of aliphatic carboxylic acids is 1. The number of unbranched alkanes of at least 4 members (excludes halogenated alkanes) is 3. The second kappa shape index (κ2) is 14.0. The van der Waals surface area contributed by atoms with Gasteiger partial charge in [-0.2, -0.15) is 0 Å². The van der Waals surface area contributed by atoms with E-state index in [4.69, 9.17) is 9.84 Å². The number of ether oxygens (including phenoxy) is 1. The van der Waals surface area contributed by atoms with Crippen LogP contribution in [-0.4, -0.2) is 47.1 Å². The van der Waals surface area contributed by atoms with Gasteiger partial charge in [0.2, 0.25) is 5.96 Å². The monoisotopic (exact) mass is 413 g/mol. The molecule has 0 aromatic rings. The van der Waals surface area contributed by atoms with Crippen molar-refractivity contribution >= 4 is 24.3 Å². The molecule has 8 heteroatoms. The number of hydrogen-bond acceptors (Lipinski definition) is 4. The Bertz CT molecular complexity index is 533. The van der Waals surface area contributed by atoms with Crippen molar-refractivity contribution in [2.24, 2.45) is 4.99 Å². The zero-order chi connectivity index (χ0) is 22.3. The zero-order valence-corrected chi connectivity index (χ0v) is 18.7. The number of carbonyl (C=O) groups is 3. The van der Waals surface area contributed by atoms with Crippen LogP contribution in [-0.2, 0) is 14.3 Å². The van der Waals surface area contributed by atoms with Crippen LogP contribution in [0, 0.1) is 0 Å². The van der Waals surface area contributed by atoms with Gasteiger partial charge < -0.3 is 25.3 Å². The largest absolute Gasteiger partial charge is 0.481 e. The first kappa shape index (κ1) is 26.9. The lowest BCUT2D eigenvalue weighted by atomic mass is 9.88. The van der Waals surface area contributed by atoms with Crippen LogP contribution in [0.25, 0.3) is 0 Å². The van der Waals surface area contributed by atoms with Crippen molar-refractivity contribution in [2.45, 2.75) is 104 Å². The number of aldehydes is 1. The SMILES string of the molecule is CCCCC(C=O)(CCCC)N/C(=N\C(=O)OC(C)(C)C)NCCCCC(=O)O. The number of aliphatic imine (C=N–C) groups is 1. The highest BCUT2D eigenvalue weighted by Gasteiger charge is 2.30. The molecule has 29 heavy (non-hydrogen) atoms. The van der Waals surface area contributed by atoms with Crippen LogP contribution in [0.1, 0.15) is 92.4 Å². The fourth-order valence-electron chi connectivity index (χ4n) is 2.71. The molecule has 0 spiro atoms. The van der Waals surface area contributed by atoms with Crippen LogP contribution in [0.4, 0.5) is 4.79 Å². The summed E-state index contributed by atoms with van der Waals surface area (Å²) >= 11 is 0. The van der Waals surface area contributed by atoms with E-state index in [0.717, 1.165) is 32.0 Å². The molecule has 0 radical (unpaired) electrons. The van der Waals surface area contributed by atoms with E-state index in [0.29, 0.717) is 32.2 Å². The summed E-state index contributed by atoms with van der Waals surface area (Å²) in [7, 11) is 0. The van der Waals surface area contributed by atoms with Gasteiger partial charge in [0.1, 0.15) is 11.9 Å². The third-order valence-electron chi connectivity index (χ3n) is 4.25. The number of nitrogens with one attached hydrogen (secondary N) is 2. The van der Waals surface area contributed by atoms with Crippen molar-refractivity contribution in [3.63, 3.8) is 0 Å². The maximum absolute atomic E-state index is 12.2. The van der Waals surface area contributed by atoms with Gasteiger partial charge in [0.05, 0.1) is 5.54 Å². The summed E-state index contributed by atoms with van der Waals surface area (Å²) in [5.74, 6) is -0.654. The van der Waals surface area contributed by atoms with E-state index in [2.05, 4.69) is 29.5 Å². The zero-order valence-electron chi connectivity index (χ0n) is 18.7. The molecule has 3 N–H and O–H groups in total. The molecule has 0 saturated heterocycles. The van der Waals surface area contributed by atoms with Gasteiger partial charge in [-0.3, -0.25) is 4.79 Å². The van der Waals surface area contributed by atoms with E-state index < -0.39 is 23.2 Å². The summed E-state index contributed by atoms with van der Waals surface area (Å²) < 4.78 is 5.27. The predicted octanol–water partition coefficient (Wildman–Crippen LogP) is 4.03. The first-order valence-electron chi connectivity index (χ1n) is 10.6. The molecule has 0 rings (SSSR count). The standard InChI is InChI=1S/C21H39N3O5/c1-6-8-13-21(16-25,14-9-7-2)24-18(22-15-11-10-12-17(26)27)23-19(28)29-20(3,4)5/h16H,6-15H2,1-5H3,(H,26,27)(H2,22,23,24,28). The quantitative estimate of drug-likeness (QED) is 0.181. The lowest BCUT2D eigenvalue weighted by Crippen LogP contribution is -2.54. The number of hydrogen-bond donors (Lipinski definition) is 3. The third kappa shape index (κ3) is 13.7. The second-order valence-corrected chi connectivity index (χ2v) is 8.32. The minimum Gasteiger partial charge on any atom is -0.481 e. The number of carboxylic acids is 1. The molecule has 168 valence electrons. The number of amides is 1. The number of rotatable bonds is 13. The predicted molar refractivity (Wildman–Crippen MR) is 114 cm³/mol. The maximum atomic E-state index is 12.2. The van der Waals surface area contributed by atoms with E-state index in [1.807, 2.05) is 0 Å². The summed E-state index contributed by atoms with van der Waals surface area (Å²) in [5, 5.41) is 14.9. The summed E-state index contributed by atoms with van der Waals surface area (Å²) in [6, 6.07) is 0. The van der Waals surface area contributed by atoms with E-state index in [-0.39, 0.29) is 12.4 Å². The van der Waals surface area contributed by atoms with Crippen LogP contribution in [0.2, 0.25) is 0 Å². The Morgan fingerprint density at radius 2 is 1.62 bits per heavy atom. The molecule has 0 aliphatic heterocycles. The van der Waals surface area contributed by atoms with Crippen molar-refractivity contribution < 1.29 is 24.2 Å². The molecule has 0 aliphatic rings. The Kier molecular flexibility index (Phi) is 12.9. The molecule has 0 heterocycles. The van der Waals surface area contributed by atoms with Crippen LogP contribution in [0.3, 0.4) is 0 Å². The highest BCUT2D eigenvalue weighted by atomic mass is 16.6. The van der Waals surface area contributed by atoms with Crippen LogP contribution in [0.5, 0.6) is 0 Å². The third-order valence-corrected chi connectivity index (χ3v) is 4.25. The smallest absolute Gasteiger partial charge is 0.437 e. The topological polar surface area (TPSA) is 117 Å². The number of nitrogens with zero attached hydrogens (tertiary/aromatic N) is 1. The van der Waals surface area contributed by atoms with Gasteiger partial charge >= 0.3 is 12.1 Å². The Hall–Kier alpha value is -2.12.